The molecule has 1 heterocycles. The van der Waals surface area contributed by atoms with Crippen molar-refractivity contribution in [1.29, 1.82) is 0 Å². The number of methoxy groups -OCH3 is 2. The van der Waals surface area contributed by atoms with Crippen LogP contribution in [0, 0.1) is 0 Å². The number of nitrogens with zero attached hydrogens (tertiary/aromatic N) is 1. The monoisotopic (exact) mass is 385 g/mol. The van der Waals surface area contributed by atoms with Crippen LogP contribution in [0.1, 0.15) is 15.9 Å². The van der Waals surface area contributed by atoms with Gasteiger partial charge in [0.2, 0.25) is 0 Å². The molecule has 0 amide bonds. The van der Waals surface area contributed by atoms with Crippen LogP contribution >= 0.6 is 0 Å². The third-order valence-corrected chi connectivity index (χ3v) is 4.59. The van der Waals surface area contributed by atoms with Crippen molar-refractivity contribution in [2.45, 2.75) is 0 Å². The molecule has 0 atom stereocenters. The Kier molecular flexibility index (Phi) is 5.12. The highest BCUT2D eigenvalue weighted by atomic mass is 16.5. The fourth-order valence-electron chi connectivity index (χ4n) is 3.09. The van der Waals surface area contributed by atoms with Crippen LogP contribution in [0.3, 0.4) is 0 Å². The van der Waals surface area contributed by atoms with Crippen LogP contribution in [0.5, 0.6) is 23.0 Å². The normalized spacial score (nSPS) is 10.6. The fourth-order valence-corrected chi connectivity index (χ4v) is 3.09. The number of aromatic nitrogens is 1. The smallest absolute Gasteiger partial charge is 0.193 e. The van der Waals surface area contributed by atoms with Gasteiger partial charge in [-0.05, 0) is 36.4 Å². The van der Waals surface area contributed by atoms with Crippen molar-refractivity contribution in [2.24, 2.45) is 0 Å². The Morgan fingerprint density at radius 2 is 1.41 bits per heavy atom. The number of ketones is 1. The minimum absolute atomic E-state index is 0.0247. The first-order valence-electron chi connectivity index (χ1n) is 9.08. The minimum atomic E-state index is -0.0247. The number of ether oxygens (including phenoxy) is 3. The number of rotatable bonds is 6. The quantitative estimate of drug-likeness (QED) is 0.423. The van der Waals surface area contributed by atoms with E-state index in [4.69, 9.17) is 14.2 Å². The number of carbonyl (C=O) groups excluding carboxylic acids is 1. The summed E-state index contributed by atoms with van der Waals surface area (Å²) in [6.45, 7) is 0. The summed E-state index contributed by atoms with van der Waals surface area (Å²) in [6.07, 6.45) is 1.68. The molecule has 4 aromatic rings. The van der Waals surface area contributed by atoms with E-state index in [0.29, 0.717) is 34.1 Å². The largest absolute Gasteiger partial charge is 0.493 e. The number of hydrogen-bond acceptors (Lipinski definition) is 5. The summed E-state index contributed by atoms with van der Waals surface area (Å²) in [6, 6.07) is 21.7. The van der Waals surface area contributed by atoms with Gasteiger partial charge in [0.25, 0.3) is 0 Å². The van der Waals surface area contributed by atoms with Crippen molar-refractivity contribution in [3.05, 3.63) is 90.1 Å². The highest BCUT2D eigenvalue weighted by Gasteiger charge is 2.12. The molecule has 5 heteroatoms. The molecule has 144 valence electrons. The van der Waals surface area contributed by atoms with E-state index in [9.17, 15) is 4.79 Å². The molecule has 1 aromatic heterocycles. The number of fused-ring (bicyclic) bond motifs is 1. The maximum atomic E-state index is 12.5. The van der Waals surface area contributed by atoms with Crippen LogP contribution in [0.2, 0.25) is 0 Å². The first kappa shape index (κ1) is 18.5. The summed E-state index contributed by atoms with van der Waals surface area (Å²) < 4.78 is 16.8. The molecule has 5 nitrogen and oxygen atoms in total. The zero-order valence-corrected chi connectivity index (χ0v) is 16.1. The van der Waals surface area contributed by atoms with Crippen LogP contribution in [-0.4, -0.2) is 25.0 Å². The van der Waals surface area contributed by atoms with E-state index < -0.39 is 0 Å². The van der Waals surface area contributed by atoms with E-state index in [1.54, 1.807) is 62.9 Å². The lowest BCUT2D eigenvalue weighted by Gasteiger charge is -2.12. The van der Waals surface area contributed by atoms with Crippen molar-refractivity contribution < 1.29 is 19.0 Å². The third kappa shape index (κ3) is 3.75. The van der Waals surface area contributed by atoms with Gasteiger partial charge in [0.1, 0.15) is 11.5 Å². The van der Waals surface area contributed by atoms with E-state index in [1.165, 1.54) is 0 Å². The lowest BCUT2D eigenvalue weighted by atomic mass is 10.0. The summed E-state index contributed by atoms with van der Waals surface area (Å²) in [4.78, 5) is 16.9. The molecule has 0 saturated heterocycles. The number of benzene rings is 3. The first-order valence-corrected chi connectivity index (χ1v) is 9.08. The van der Waals surface area contributed by atoms with Gasteiger partial charge in [-0.25, -0.2) is 0 Å². The lowest BCUT2D eigenvalue weighted by molar-refractivity contribution is 0.103. The van der Waals surface area contributed by atoms with Crippen molar-refractivity contribution >= 4 is 16.7 Å². The van der Waals surface area contributed by atoms with Gasteiger partial charge in [-0.3, -0.25) is 9.78 Å². The molecule has 3 aromatic carbocycles. The Bertz CT molecular complexity index is 1150. The molecular formula is C24H19NO4. The highest BCUT2D eigenvalue weighted by Crippen LogP contribution is 2.36. The van der Waals surface area contributed by atoms with Gasteiger partial charge < -0.3 is 14.2 Å². The van der Waals surface area contributed by atoms with Crippen LogP contribution in [-0.2, 0) is 0 Å². The minimum Gasteiger partial charge on any atom is -0.493 e. The molecule has 29 heavy (non-hydrogen) atoms. The summed E-state index contributed by atoms with van der Waals surface area (Å²) in [7, 11) is 3.17. The second-order valence-electron chi connectivity index (χ2n) is 6.36. The lowest BCUT2D eigenvalue weighted by Crippen LogP contribution is -2.00. The van der Waals surface area contributed by atoms with Crippen molar-refractivity contribution in [3.8, 4) is 23.0 Å². The van der Waals surface area contributed by atoms with E-state index >= 15 is 0 Å². The van der Waals surface area contributed by atoms with Gasteiger partial charge in [-0.1, -0.05) is 30.3 Å². The zero-order valence-electron chi connectivity index (χ0n) is 16.1. The molecule has 0 radical (unpaired) electrons. The topological polar surface area (TPSA) is 57.7 Å². The van der Waals surface area contributed by atoms with E-state index in [0.717, 1.165) is 10.9 Å². The maximum absolute atomic E-state index is 12.5. The SMILES string of the molecule is COc1cc2nccc(Oc3ccc(C(=O)c4ccccc4)cc3)c2cc1OC. The molecule has 4 rings (SSSR count). The standard InChI is InChI=1S/C24H19NO4/c1-27-22-14-19-20(15-23(22)28-2)25-13-12-21(19)29-18-10-8-17(9-11-18)24(26)16-6-4-3-5-7-16/h3-15H,1-2H3. The Balaban J connectivity index is 1.62. The Labute approximate surface area is 168 Å². The zero-order chi connectivity index (χ0) is 20.2. The van der Waals surface area contributed by atoms with Crippen LogP contribution in [0.15, 0.2) is 79.0 Å². The van der Waals surface area contributed by atoms with Crippen LogP contribution in [0.25, 0.3) is 10.9 Å². The van der Waals surface area contributed by atoms with Crippen LogP contribution in [0.4, 0.5) is 0 Å². The number of carbonyl (C=O) groups is 1. The Morgan fingerprint density at radius 1 is 0.759 bits per heavy atom. The predicted octanol–water partition coefficient (Wildman–Crippen LogP) is 5.28. The van der Waals surface area contributed by atoms with Crippen LogP contribution < -0.4 is 14.2 Å². The van der Waals surface area contributed by atoms with Gasteiger partial charge in [-0.2, -0.15) is 0 Å². The second-order valence-corrected chi connectivity index (χ2v) is 6.36. The molecule has 0 unspecified atom stereocenters. The van der Waals surface area contributed by atoms with E-state index in [-0.39, 0.29) is 5.78 Å². The fraction of sp³-hybridized carbons (Fsp3) is 0.0833. The summed E-state index contributed by atoms with van der Waals surface area (Å²) in [5.41, 5.74) is 1.99. The molecule has 0 saturated carbocycles. The molecule has 0 aliphatic rings. The molecule has 0 bridgehead atoms. The van der Waals surface area contributed by atoms with E-state index in [2.05, 4.69) is 4.98 Å². The average Bonchev–Trinajstić information content (AvgIpc) is 2.79. The summed E-state index contributed by atoms with van der Waals surface area (Å²) in [5, 5.41) is 0.801. The number of hydrogen-bond donors (Lipinski definition) is 0. The Hall–Kier alpha value is -3.86. The van der Waals surface area contributed by atoms with Gasteiger partial charge >= 0.3 is 0 Å². The van der Waals surface area contributed by atoms with Gasteiger partial charge in [-0.15, -0.1) is 0 Å². The number of pyridine rings is 1. The summed E-state index contributed by atoms with van der Waals surface area (Å²) >= 11 is 0. The third-order valence-electron chi connectivity index (χ3n) is 4.59. The molecule has 0 N–H and O–H groups in total. The Morgan fingerprint density at radius 3 is 2.10 bits per heavy atom. The summed E-state index contributed by atoms with van der Waals surface area (Å²) in [5.74, 6) is 2.44. The predicted molar refractivity (Wildman–Crippen MR) is 111 cm³/mol. The molecule has 0 aliphatic carbocycles. The van der Waals surface area contributed by atoms with E-state index in [1.807, 2.05) is 30.3 Å². The highest BCUT2D eigenvalue weighted by molar-refractivity contribution is 6.09. The second kappa shape index (κ2) is 8.02. The van der Waals surface area contributed by atoms with Gasteiger partial charge in [0.05, 0.1) is 19.7 Å². The van der Waals surface area contributed by atoms with Gasteiger partial charge in [0.15, 0.2) is 17.3 Å². The van der Waals surface area contributed by atoms with Gasteiger partial charge in [0, 0.05) is 28.8 Å². The maximum Gasteiger partial charge on any atom is 0.193 e. The molecule has 0 aliphatic heterocycles. The molecule has 0 spiro atoms. The van der Waals surface area contributed by atoms with Crippen molar-refractivity contribution in [2.75, 3.05) is 14.2 Å². The molecule has 0 fully saturated rings. The van der Waals surface area contributed by atoms with Crippen molar-refractivity contribution in [1.82, 2.24) is 4.98 Å². The average molecular weight is 385 g/mol. The van der Waals surface area contributed by atoms with Crippen molar-refractivity contribution in [3.63, 3.8) is 0 Å². The molecular weight excluding hydrogens is 366 g/mol. The first-order chi connectivity index (χ1) is 14.2.